The Kier molecular flexibility index (Phi) is 18.7. The molecule has 0 aromatic heterocycles. The molecule has 1 atom stereocenters. The molecular formula is C14H36N2O5Si2. The third-order valence-electron chi connectivity index (χ3n) is 1.77. The second-order valence-electron chi connectivity index (χ2n) is 6.50. The molecule has 0 fully saturated rings. The molecule has 0 rings (SSSR count). The number of nitrogens with two attached hydrogens (primary N) is 1. The number of nitrogens with zero attached hydrogens (tertiary/aromatic N) is 1. The van der Waals surface area contributed by atoms with E-state index in [1.165, 1.54) is 16.3 Å². The van der Waals surface area contributed by atoms with Gasteiger partial charge in [-0.3, -0.25) is 4.79 Å². The van der Waals surface area contributed by atoms with Crippen LogP contribution in [0.4, 0.5) is 4.79 Å². The van der Waals surface area contributed by atoms with E-state index in [0.29, 0.717) is 13.0 Å². The first-order valence-electron chi connectivity index (χ1n) is 7.74. The Morgan fingerprint density at radius 2 is 1.65 bits per heavy atom. The van der Waals surface area contributed by atoms with Crippen molar-refractivity contribution in [3.05, 3.63) is 0 Å². The summed E-state index contributed by atoms with van der Waals surface area (Å²) in [5, 5.41) is 7.19. The van der Waals surface area contributed by atoms with Gasteiger partial charge >= 0.3 is 12.1 Å². The molecule has 0 bridgehead atoms. The molecule has 140 valence electrons. The van der Waals surface area contributed by atoms with Crippen LogP contribution < -0.4 is 5.73 Å². The topological polar surface area (TPSA) is 102 Å². The Morgan fingerprint density at radius 1 is 1.26 bits per heavy atom. The van der Waals surface area contributed by atoms with Crippen molar-refractivity contribution in [2.75, 3.05) is 27.7 Å². The van der Waals surface area contributed by atoms with Gasteiger partial charge in [0.15, 0.2) is 8.32 Å². The molecule has 0 saturated heterocycles. The summed E-state index contributed by atoms with van der Waals surface area (Å²) >= 11 is 0. The lowest BCUT2D eigenvalue weighted by molar-refractivity contribution is -0.145. The van der Waals surface area contributed by atoms with Crippen molar-refractivity contribution in [3.63, 3.8) is 0 Å². The maximum atomic E-state index is 11.3. The SMILES string of the molecule is CC(CC(=O)OCCC[SiH3])O[Si](C)(C)C.CN(C)C.NC(=O)O. The predicted octanol–water partition coefficient (Wildman–Crippen LogP) is 1.13. The average Bonchev–Trinajstić information content (AvgIpc) is 2.24. The van der Waals surface area contributed by atoms with Crippen LogP contribution in [-0.4, -0.2) is 74.5 Å². The summed E-state index contributed by atoms with van der Waals surface area (Å²) in [6, 6.07) is 1.19. The first-order valence-corrected chi connectivity index (χ1v) is 12.6. The molecule has 1 amide bonds. The molecule has 0 radical (unpaired) electrons. The molecule has 0 aliphatic carbocycles. The number of primary amides is 1. The van der Waals surface area contributed by atoms with Crippen molar-refractivity contribution in [2.24, 2.45) is 5.73 Å². The van der Waals surface area contributed by atoms with Crippen molar-refractivity contribution >= 4 is 30.6 Å². The van der Waals surface area contributed by atoms with E-state index in [9.17, 15) is 4.79 Å². The number of carbonyl (C=O) groups excluding carboxylic acids is 1. The van der Waals surface area contributed by atoms with Gasteiger partial charge in [-0.1, -0.05) is 6.04 Å². The molecule has 23 heavy (non-hydrogen) atoms. The van der Waals surface area contributed by atoms with E-state index in [0.717, 1.165) is 6.42 Å². The largest absolute Gasteiger partial charge is 0.466 e. The standard InChI is InChI=1S/C10H24O3Si2.C3H9N.CH3NO2/c1-9(13-15(2,3)4)8-10(11)12-6-5-7-14;1-4(2)3;2-1(3)4/h9H,5-8H2,1-4,14H3;1-3H3;2H2,(H,3,4). The number of rotatable bonds is 7. The summed E-state index contributed by atoms with van der Waals surface area (Å²) in [4.78, 5) is 22.1. The van der Waals surface area contributed by atoms with E-state index in [2.05, 4.69) is 25.4 Å². The third kappa shape index (κ3) is 44.9. The summed E-state index contributed by atoms with van der Waals surface area (Å²) in [6.07, 6.45) is 0.0345. The zero-order chi connectivity index (χ0) is 19.1. The zero-order valence-electron chi connectivity index (χ0n) is 16.0. The lowest BCUT2D eigenvalue weighted by Gasteiger charge is -2.22. The summed E-state index contributed by atoms with van der Waals surface area (Å²) in [7, 11) is 5.65. The van der Waals surface area contributed by atoms with Crippen LogP contribution in [0.2, 0.25) is 25.7 Å². The molecule has 3 N–H and O–H groups in total. The number of ether oxygens (including phenoxy) is 1. The fourth-order valence-electron chi connectivity index (χ4n) is 1.27. The van der Waals surface area contributed by atoms with E-state index in [1.54, 1.807) is 0 Å². The Hall–Kier alpha value is -0.906. The van der Waals surface area contributed by atoms with E-state index < -0.39 is 14.4 Å². The van der Waals surface area contributed by atoms with Gasteiger partial charge in [0.05, 0.1) is 19.1 Å². The van der Waals surface area contributed by atoms with Crippen molar-refractivity contribution in [3.8, 4) is 0 Å². The number of carbonyl (C=O) groups is 2. The quantitative estimate of drug-likeness (QED) is 0.397. The molecule has 0 aliphatic rings. The molecule has 7 nitrogen and oxygen atoms in total. The fourth-order valence-corrected chi connectivity index (χ4v) is 2.85. The van der Waals surface area contributed by atoms with Crippen LogP contribution in [0, 0.1) is 0 Å². The van der Waals surface area contributed by atoms with Crippen LogP contribution in [0.15, 0.2) is 0 Å². The highest BCUT2D eigenvalue weighted by molar-refractivity contribution is 6.69. The first kappa shape index (κ1) is 27.0. The molecule has 0 aromatic carbocycles. The van der Waals surface area contributed by atoms with E-state index in [-0.39, 0.29) is 12.1 Å². The van der Waals surface area contributed by atoms with Crippen molar-refractivity contribution in [2.45, 2.75) is 51.6 Å². The smallest absolute Gasteiger partial charge is 0.402 e. The van der Waals surface area contributed by atoms with Gasteiger partial charge in [0.2, 0.25) is 0 Å². The zero-order valence-corrected chi connectivity index (χ0v) is 19.0. The highest BCUT2D eigenvalue weighted by Crippen LogP contribution is 2.10. The van der Waals surface area contributed by atoms with Gasteiger partial charge in [-0.15, -0.1) is 0 Å². The minimum atomic E-state index is -1.53. The second kappa shape index (κ2) is 16.0. The average molecular weight is 369 g/mol. The van der Waals surface area contributed by atoms with Crippen molar-refractivity contribution in [1.82, 2.24) is 4.90 Å². The second-order valence-corrected chi connectivity index (χ2v) is 12.0. The molecule has 0 spiro atoms. The normalized spacial score (nSPS) is 11.7. The minimum absolute atomic E-state index is 0.0137. The van der Waals surface area contributed by atoms with Gasteiger partial charge in [0, 0.05) is 10.2 Å². The Bertz CT molecular complexity index is 303. The summed E-state index contributed by atoms with van der Waals surface area (Å²) in [6.45, 7) is 8.87. The van der Waals surface area contributed by atoms with E-state index in [1.807, 2.05) is 33.0 Å². The molecule has 0 heterocycles. The van der Waals surface area contributed by atoms with Gasteiger partial charge in [0.1, 0.15) is 0 Å². The van der Waals surface area contributed by atoms with Gasteiger partial charge < -0.3 is 24.9 Å². The van der Waals surface area contributed by atoms with E-state index in [4.69, 9.17) is 19.1 Å². The van der Waals surface area contributed by atoms with Gasteiger partial charge in [-0.25, -0.2) is 4.79 Å². The Balaban J connectivity index is -0.000000413. The lowest BCUT2D eigenvalue weighted by atomic mass is 10.3. The van der Waals surface area contributed by atoms with Crippen molar-refractivity contribution in [1.29, 1.82) is 0 Å². The number of amides is 1. The molecule has 0 saturated carbocycles. The maximum Gasteiger partial charge on any atom is 0.402 e. The van der Waals surface area contributed by atoms with Crippen LogP contribution >= 0.6 is 0 Å². The minimum Gasteiger partial charge on any atom is -0.466 e. The maximum absolute atomic E-state index is 11.3. The molecule has 9 heteroatoms. The Morgan fingerprint density at radius 3 is 1.96 bits per heavy atom. The Labute approximate surface area is 145 Å². The summed E-state index contributed by atoms with van der Waals surface area (Å²) in [5.74, 6) is -0.129. The fraction of sp³-hybridized carbons (Fsp3) is 0.857. The summed E-state index contributed by atoms with van der Waals surface area (Å²) < 4.78 is 10.8. The lowest BCUT2D eigenvalue weighted by Crippen LogP contribution is -2.32. The van der Waals surface area contributed by atoms with Crippen molar-refractivity contribution < 1.29 is 23.9 Å². The molecule has 0 aromatic rings. The highest BCUT2D eigenvalue weighted by atomic mass is 28.4. The van der Waals surface area contributed by atoms with Crippen LogP contribution in [0.5, 0.6) is 0 Å². The number of hydrogen-bond acceptors (Lipinski definition) is 5. The van der Waals surface area contributed by atoms with Gasteiger partial charge in [-0.2, -0.15) is 0 Å². The van der Waals surface area contributed by atoms with Gasteiger partial charge in [-0.05, 0) is 54.1 Å². The van der Waals surface area contributed by atoms with Crippen LogP contribution in [0.25, 0.3) is 0 Å². The number of hydrogen-bond donors (Lipinski definition) is 2. The van der Waals surface area contributed by atoms with E-state index >= 15 is 0 Å². The predicted molar refractivity (Wildman–Crippen MR) is 101 cm³/mol. The molecule has 0 aliphatic heterocycles. The number of carboxylic acid groups (broad SMARTS) is 1. The van der Waals surface area contributed by atoms with Crippen LogP contribution in [0.1, 0.15) is 19.8 Å². The monoisotopic (exact) mass is 368 g/mol. The van der Waals surface area contributed by atoms with Crippen LogP contribution in [-0.2, 0) is 14.0 Å². The summed E-state index contributed by atoms with van der Waals surface area (Å²) in [5.41, 5.74) is 4.03. The van der Waals surface area contributed by atoms with Gasteiger partial charge in [0.25, 0.3) is 0 Å². The van der Waals surface area contributed by atoms with Crippen LogP contribution in [0.3, 0.4) is 0 Å². The highest BCUT2D eigenvalue weighted by Gasteiger charge is 2.20. The molecule has 1 unspecified atom stereocenters. The molecular weight excluding hydrogens is 332 g/mol. The number of esters is 1. The third-order valence-corrected chi connectivity index (χ3v) is 3.59. The first-order chi connectivity index (χ1) is 10.3.